The van der Waals surface area contributed by atoms with E-state index in [4.69, 9.17) is 4.74 Å². The zero-order valence-electron chi connectivity index (χ0n) is 15.5. The van der Waals surface area contributed by atoms with Crippen LogP contribution >= 0.6 is 0 Å². The summed E-state index contributed by atoms with van der Waals surface area (Å²) in [6, 6.07) is 10.2. The first-order valence-corrected chi connectivity index (χ1v) is 9.07. The van der Waals surface area contributed by atoms with Crippen LogP contribution in [0.1, 0.15) is 32.8 Å². The van der Waals surface area contributed by atoms with Crippen molar-refractivity contribution in [1.29, 1.82) is 0 Å². The van der Waals surface area contributed by atoms with Crippen LogP contribution in [-0.2, 0) is 11.3 Å². The average Bonchev–Trinajstić information content (AvgIpc) is 3.09. The predicted molar refractivity (Wildman–Crippen MR) is 102 cm³/mol. The van der Waals surface area contributed by atoms with Crippen LogP contribution in [0.25, 0.3) is 0 Å². The van der Waals surface area contributed by atoms with Gasteiger partial charge in [0.25, 0.3) is 0 Å². The Kier molecular flexibility index (Phi) is 5.78. The zero-order chi connectivity index (χ0) is 18.5. The van der Waals surface area contributed by atoms with Crippen molar-refractivity contribution in [2.24, 2.45) is 9.98 Å². The summed E-state index contributed by atoms with van der Waals surface area (Å²) in [5.74, 6) is 1.10. The third kappa shape index (κ3) is 3.99. The number of benzene rings is 1. The van der Waals surface area contributed by atoms with Crippen LogP contribution in [0.3, 0.4) is 0 Å². The van der Waals surface area contributed by atoms with Crippen molar-refractivity contribution in [3.05, 3.63) is 47.5 Å². The highest BCUT2D eigenvalue weighted by atomic mass is 16.5. The number of hydrogen-bond acceptors (Lipinski definition) is 7. The summed E-state index contributed by atoms with van der Waals surface area (Å²) in [4.78, 5) is 11.2. The lowest BCUT2D eigenvalue weighted by molar-refractivity contribution is 0.180. The molecule has 0 spiro atoms. The lowest BCUT2D eigenvalue weighted by Gasteiger charge is -2.33. The van der Waals surface area contributed by atoms with E-state index in [1.54, 1.807) is 0 Å². The molecule has 2 aliphatic rings. The summed E-state index contributed by atoms with van der Waals surface area (Å²) in [6.45, 7) is 6.72. The second-order valence-corrected chi connectivity index (χ2v) is 6.69. The van der Waals surface area contributed by atoms with Crippen LogP contribution in [0.4, 0.5) is 0 Å². The lowest BCUT2D eigenvalue weighted by Crippen LogP contribution is -2.56. The Labute approximate surface area is 154 Å². The van der Waals surface area contributed by atoms with Crippen LogP contribution < -0.4 is 10.6 Å². The molecule has 1 unspecified atom stereocenters. The molecule has 0 saturated heterocycles. The summed E-state index contributed by atoms with van der Waals surface area (Å²) in [5.41, 5.74) is 1.85. The summed E-state index contributed by atoms with van der Waals surface area (Å²) < 4.78 is 6.00. The Balaban J connectivity index is 1.82. The molecule has 0 radical (unpaired) electrons. The summed E-state index contributed by atoms with van der Waals surface area (Å²) in [7, 11) is 0. The van der Waals surface area contributed by atoms with E-state index in [9.17, 15) is 5.11 Å². The molecule has 26 heavy (non-hydrogen) atoms. The maximum Gasteiger partial charge on any atom is 0.243 e. The number of ether oxygens (including phenoxy) is 1. The summed E-state index contributed by atoms with van der Waals surface area (Å²) in [5, 5.41) is 16.1. The van der Waals surface area contributed by atoms with Gasteiger partial charge in [0.1, 0.15) is 12.3 Å². The Bertz CT molecular complexity index is 695. The van der Waals surface area contributed by atoms with E-state index in [0.717, 1.165) is 17.7 Å². The van der Waals surface area contributed by atoms with E-state index in [0.29, 0.717) is 18.4 Å². The topological polar surface area (TPSA) is 81.5 Å². The van der Waals surface area contributed by atoms with Crippen LogP contribution in [0.5, 0.6) is 0 Å². The van der Waals surface area contributed by atoms with E-state index in [-0.39, 0.29) is 24.9 Å². The fourth-order valence-electron chi connectivity index (χ4n) is 2.85. The fraction of sp³-hybridized carbons (Fsp3) is 0.474. The number of rotatable bonds is 7. The van der Waals surface area contributed by atoms with Crippen molar-refractivity contribution in [3.8, 4) is 0 Å². The first kappa shape index (κ1) is 18.3. The molecule has 2 atom stereocenters. The molecule has 2 aliphatic heterocycles. The summed E-state index contributed by atoms with van der Waals surface area (Å²) in [6.07, 6.45) is 2.49. The molecule has 3 N–H and O–H groups in total. The number of aliphatic imine (C=N–C) groups is 2. The molecule has 1 aromatic carbocycles. The lowest BCUT2D eigenvalue weighted by atomic mass is 10.2. The molecule has 7 heteroatoms. The number of aliphatic hydroxyl groups is 1. The Morgan fingerprint density at radius 1 is 1.31 bits per heavy atom. The van der Waals surface area contributed by atoms with Gasteiger partial charge in [-0.15, -0.1) is 0 Å². The van der Waals surface area contributed by atoms with Crippen LogP contribution in [-0.4, -0.2) is 47.2 Å². The maximum atomic E-state index is 9.48. The quantitative estimate of drug-likeness (QED) is 0.693. The minimum absolute atomic E-state index is 0.0447. The molecule has 3 rings (SSSR count). The molecular formula is C19H27N5O2. The number of nitrogens with zero attached hydrogens (tertiary/aromatic N) is 3. The van der Waals surface area contributed by atoms with Gasteiger partial charge in [-0.1, -0.05) is 37.3 Å². The molecule has 0 amide bonds. The van der Waals surface area contributed by atoms with E-state index in [2.05, 4.69) is 39.4 Å². The van der Waals surface area contributed by atoms with Gasteiger partial charge in [-0.25, -0.2) is 4.99 Å². The van der Waals surface area contributed by atoms with Gasteiger partial charge in [0.15, 0.2) is 6.17 Å². The standard InChI is InChI=1S/C19H27N5O2/c1-4-15(10-25)21-19-22-17-16(20-12-24(17)13(2)3)18(23-19)26-11-14-8-6-5-7-9-14/h5-9,12-13,15,17,25H,4,10-11H2,1-3H3,(H2,21,22,23)/t15-,17?/m1/s1. The van der Waals surface area contributed by atoms with Crippen LogP contribution in [0.15, 0.2) is 51.9 Å². The van der Waals surface area contributed by atoms with E-state index in [1.807, 2.05) is 43.6 Å². The largest absolute Gasteiger partial charge is 0.471 e. The molecule has 0 bridgehead atoms. The zero-order valence-corrected chi connectivity index (χ0v) is 15.5. The van der Waals surface area contributed by atoms with Crippen LogP contribution in [0, 0.1) is 0 Å². The second-order valence-electron chi connectivity index (χ2n) is 6.69. The van der Waals surface area contributed by atoms with E-state index in [1.165, 1.54) is 0 Å². The van der Waals surface area contributed by atoms with Crippen molar-refractivity contribution in [3.63, 3.8) is 0 Å². The molecule has 0 aromatic heterocycles. The highest BCUT2D eigenvalue weighted by molar-refractivity contribution is 5.84. The molecular weight excluding hydrogens is 330 g/mol. The van der Waals surface area contributed by atoms with Gasteiger partial charge in [-0.3, -0.25) is 0 Å². The normalized spacial score (nSPS) is 20.0. The highest BCUT2D eigenvalue weighted by Crippen LogP contribution is 2.26. The van der Waals surface area contributed by atoms with Crippen molar-refractivity contribution >= 4 is 12.3 Å². The molecule has 7 nitrogen and oxygen atoms in total. The highest BCUT2D eigenvalue weighted by Gasteiger charge is 2.35. The number of fused-ring (bicyclic) bond motifs is 1. The van der Waals surface area contributed by atoms with Gasteiger partial charge in [-0.05, 0) is 25.8 Å². The first-order valence-electron chi connectivity index (χ1n) is 9.07. The van der Waals surface area contributed by atoms with Gasteiger partial charge in [0, 0.05) is 6.04 Å². The molecule has 2 heterocycles. The number of hydrogen-bond donors (Lipinski definition) is 3. The Morgan fingerprint density at radius 3 is 2.73 bits per heavy atom. The monoisotopic (exact) mass is 357 g/mol. The van der Waals surface area contributed by atoms with Crippen molar-refractivity contribution in [2.75, 3.05) is 6.61 Å². The molecule has 140 valence electrons. The second kappa shape index (κ2) is 8.23. The molecule has 0 aliphatic carbocycles. The maximum absolute atomic E-state index is 9.48. The SMILES string of the molecule is CC[C@H](CO)NC1=NC(OCc2ccccc2)=C2N=CN(C(C)C)C2N1. The van der Waals surface area contributed by atoms with Gasteiger partial charge in [0.05, 0.1) is 19.0 Å². The Hall–Kier alpha value is -2.54. The van der Waals surface area contributed by atoms with Crippen molar-refractivity contribution < 1.29 is 9.84 Å². The third-order valence-corrected chi connectivity index (χ3v) is 4.46. The fourth-order valence-corrected chi connectivity index (χ4v) is 2.85. The smallest absolute Gasteiger partial charge is 0.243 e. The molecule has 0 saturated carbocycles. The van der Waals surface area contributed by atoms with Gasteiger partial charge in [0.2, 0.25) is 11.8 Å². The number of aliphatic hydroxyl groups excluding tert-OH is 1. The van der Waals surface area contributed by atoms with Gasteiger partial charge < -0.3 is 25.4 Å². The first-order chi connectivity index (χ1) is 12.6. The average molecular weight is 357 g/mol. The van der Waals surface area contributed by atoms with Gasteiger partial charge in [-0.2, -0.15) is 4.99 Å². The van der Waals surface area contributed by atoms with E-state index >= 15 is 0 Å². The van der Waals surface area contributed by atoms with Crippen molar-refractivity contribution in [1.82, 2.24) is 15.5 Å². The number of guanidine groups is 1. The minimum Gasteiger partial charge on any atom is -0.471 e. The van der Waals surface area contributed by atoms with Crippen molar-refractivity contribution in [2.45, 2.75) is 52.0 Å². The molecule has 1 aromatic rings. The van der Waals surface area contributed by atoms with E-state index < -0.39 is 0 Å². The van der Waals surface area contributed by atoms with Crippen LogP contribution in [0.2, 0.25) is 0 Å². The predicted octanol–water partition coefficient (Wildman–Crippen LogP) is 1.77. The molecule has 0 fully saturated rings. The Morgan fingerprint density at radius 2 is 2.08 bits per heavy atom. The van der Waals surface area contributed by atoms with Gasteiger partial charge >= 0.3 is 0 Å². The summed E-state index contributed by atoms with van der Waals surface area (Å²) >= 11 is 0. The third-order valence-electron chi connectivity index (χ3n) is 4.46. The minimum atomic E-state index is -0.128. The number of nitrogens with one attached hydrogen (secondary N) is 2.